The smallest absolute Gasteiger partial charge is 0.237 e. The molecule has 212 valence electrons. The Morgan fingerprint density at radius 2 is 1.98 bits per heavy atom. The van der Waals surface area contributed by atoms with Crippen molar-refractivity contribution in [1.29, 1.82) is 5.26 Å². The van der Waals surface area contributed by atoms with E-state index in [0.717, 1.165) is 25.7 Å². The monoisotopic (exact) mass is 576 g/mol. The Balaban J connectivity index is 1.46. The van der Waals surface area contributed by atoms with E-state index in [2.05, 4.69) is 57.8 Å². The molecule has 0 saturated heterocycles. The molecule has 3 aromatic heterocycles. The van der Waals surface area contributed by atoms with Crippen molar-refractivity contribution in [3.8, 4) is 6.07 Å². The van der Waals surface area contributed by atoms with E-state index in [1.54, 1.807) is 19.1 Å². The van der Waals surface area contributed by atoms with Crippen LogP contribution in [0.2, 0.25) is 5.02 Å². The number of aryl methyl sites for hydroxylation is 1. The van der Waals surface area contributed by atoms with Crippen molar-refractivity contribution in [3.05, 3.63) is 69.9 Å². The molecule has 2 aliphatic carbocycles. The molecule has 4 aromatic rings. The average molecular weight is 577 g/mol. The predicted molar refractivity (Wildman–Crippen MR) is 154 cm³/mol. The van der Waals surface area contributed by atoms with Crippen molar-refractivity contribution in [3.63, 3.8) is 0 Å². The summed E-state index contributed by atoms with van der Waals surface area (Å²) in [5.41, 5.74) is 2.77. The molecule has 0 bridgehead atoms. The van der Waals surface area contributed by atoms with E-state index >= 15 is 4.39 Å². The summed E-state index contributed by atoms with van der Waals surface area (Å²) in [4.78, 5) is 8.41. The molecular formula is C30H31ClF2N8. The second-order valence-electron chi connectivity index (χ2n) is 12.4. The standard InChI is InChI=1S/C30H31ClF2N8/c1-16-20(7-8-23(32)37-16)26(27-28(33)41(40-39-27)30(9-10-30)18-5-6-18)38-19-11-21-24(36-15-29(2,3)4)17(13-34)14-35-25(21)22(31)12-19/h7-8,11-12,14,18,26,38H,5-6,9-10,15H2,1-4H3,(H,35,36)/t26-/m0/s1. The molecule has 0 radical (unpaired) electrons. The minimum Gasteiger partial charge on any atom is -0.383 e. The number of nitrogens with zero attached hydrogens (tertiary/aromatic N) is 6. The highest BCUT2D eigenvalue weighted by molar-refractivity contribution is 6.35. The van der Waals surface area contributed by atoms with Crippen LogP contribution in [0.15, 0.2) is 30.5 Å². The zero-order chi connectivity index (χ0) is 29.1. The minimum atomic E-state index is -0.835. The fraction of sp³-hybridized carbons (Fsp3) is 0.433. The van der Waals surface area contributed by atoms with Gasteiger partial charge in [-0.05, 0) is 62.1 Å². The number of nitrogens with one attached hydrogen (secondary N) is 2. The summed E-state index contributed by atoms with van der Waals surface area (Å²) in [7, 11) is 0. The van der Waals surface area contributed by atoms with Gasteiger partial charge in [0.1, 0.15) is 17.8 Å². The fourth-order valence-corrected chi connectivity index (χ4v) is 5.83. The SMILES string of the molecule is Cc1nc(F)ccc1[C@H](Nc1cc(Cl)c2ncc(C#N)c(NCC(C)(C)C)c2c1)c1nnn(C2(C3CC3)CC2)c1F. The lowest BCUT2D eigenvalue weighted by atomic mass is 9.96. The van der Waals surface area contributed by atoms with Crippen LogP contribution < -0.4 is 10.6 Å². The summed E-state index contributed by atoms with van der Waals surface area (Å²) in [6.45, 7) is 8.56. The number of pyridine rings is 2. The molecule has 1 atom stereocenters. The number of nitriles is 1. The van der Waals surface area contributed by atoms with Crippen molar-refractivity contribution < 1.29 is 8.78 Å². The molecule has 3 heterocycles. The van der Waals surface area contributed by atoms with E-state index in [9.17, 15) is 9.65 Å². The van der Waals surface area contributed by atoms with Crippen molar-refractivity contribution in [2.75, 3.05) is 17.2 Å². The van der Waals surface area contributed by atoms with Gasteiger partial charge in [-0.25, -0.2) is 9.67 Å². The quantitative estimate of drug-likeness (QED) is 0.220. The molecule has 0 unspecified atom stereocenters. The summed E-state index contributed by atoms with van der Waals surface area (Å²) < 4.78 is 31.6. The largest absolute Gasteiger partial charge is 0.383 e. The lowest BCUT2D eigenvalue weighted by Crippen LogP contribution is -2.24. The van der Waals surface area contributed by atoms with Gasteiger partial charge in [0, 0.05) is 35.1 Å². The molecule has 0 aliphatic heterocycles. The number of rotatable bonds is 8. The highest BCUT2D eigenvalue weighted by atomic mass is 35.5. The first-order valence-corrected chi connectivity index (χ1v) is 14.2. The van der Waals surface area contributed by atoms with Gasteiger partial charge in [0.25, 0.3) is 0 Å². The van der Waals surface area contributed by atoms with Gasteiger partial charge in [-0.1, -0.05) is 43.7 Å². The average Bonchev–Trinajstić information content (AvgIpc) is 3.83. The summed E-state index contributed by atoms with van der Waals surface area (Å²) in [5, 5.41) is 26.2. The summed E-state index contributed by atoms with van der Waals surface area (Å²) in [5.74, 6) is -0.714. The van der Waals surface area contributed by atoms with Gasteiger partial charge >= 0.3 is 0 Å². The minimum absolute atomic E-state index is 0.0527. The number of hydrogen-bond donors (Lipinski definition) is 2. The molecular weight excluding hydrogens is 546 g/mol. The van der Waals surface area contributed by atoms with Gasteiger partial charge in [-0.15, -0.1) is 5.10 Å². The number of benzene rings is 1. The molecule has 2 aliphatic rings. The van der Waals surface area contributed by atoms with E-state index in [0.29, 0.717) is 56.6 Å². The Hall–Kier alpha value is -3.84. The third kappa shape index (κ3) is 5.08. The van der Waals surface area contributed by atoms with Gasteiger partial charge in [0.15, 0.2) is 0 Å². The highest BCUT2D eigenvalue weighted by Gasteiger charge is 2.57. The second-order valence-corrected chi connectivity index (χ2v) is 12.8. The molecule has 2 fully saturated rings. The van der Waals surface area contributed by atoms with Crippen LogP contribution in [0.4, 0.5) is 20.2 Å². The number of aromatic nitrogens is 5. The molecule has 1 aromatic carbocycles. The number of anilines is 2. The van der Waals surface area contributed by atoms with Crippen LogP contribution in [-0.2, 0) is 5.54 Å². The normalized spacial score (nSPS) is 16.8. The van der Waals surface area contributed by atoms with Crippen molar-refractivity contribution in [1.82, 2.24) is 25.0 Å². The Morgan fingerprint density at radius 1 is 1.22 bits per heavy atom. The first-order valence-electron chi connectivity index (χ1n) is 13.8. The Bertz CT molecular complexity index is 1700. The topological polar surface area (TPSA) is 104 Å². The molecule has 2 saturated carbocycles. The number of fused-ring (bicyclic) bond motifs is 1. The zero-order valence-corrected chi connectivity index (χ0v) is 24.2. The van der Waals surface area contributed by atoms with Crippen molar-refractivity contribution >= 4 is 33.9 Å². The van der Waals surface area contributed by atoms with E-state index in [-0.39, 0.29) is 16.6 Å². The van der Waals surface area contributed by atoms with Crippen LogP contribution in [0.1, 0.15) is 75.0 Å². The Kier molecular flexibility index (Phi) is 6.61. The maximum Gasteiger partial charge on any atom is 0.237 e. The van der Waals surface area contributed by atoms with Crippen molar-refractivity contribution in [2.45, 2.75) is 65.0 Å². The van der Waals surface area contributed by atoms with Gasteiger partial charge in [0.05, 0.1) is 27.3 Å². The Morgan fingerprint density at radius 3 is 2.61 bits per heavy atom. The third-order valence-electron chi connectivity index (χ3n) is 7.99. The van der Waals surface area contributed by atoms with E-state index < -0.39 is 17.9 Å². The van der Waals surface area contributed by atoms with E-state index in [1.807, 2.05) is 6.07 Å². The van der Waals surface area contributed by atoms with Gasteiger partial charge in [-0.2, -0.15) is 14.0 Å². The predicted octanol–water partition coefficient (Wildman–Crippen LogP) is 6.89. The zero-order valence-electron chi connectivity index (χ0n) is 23.4. The van der Waals surface area contributed by atoms with Gasteiger partial charge in [0.2, 0.25) is 11.9 Å². The first-order chi connectivity index (χ1) is 19.5. The van der Waals surface area contributed by atoms with Crippen LogP contribution in [0.5, 0.6) is 0 Å². The molecule has 0 amide bonds. The molecule has 6 rings (SSSR count). The molecule has 41 heavy (non-hydrogen) atoms. The van der Waals surface area contributed by atoms with Crippen LogP contribution >= 0.6 is 11.6 Å². The molecule has 11 heteroatoms. The summed E-state index contributed by atoms with van der Waals surface area (Å²) in [6.07, 6.45) is 5.40. The third-order valence-corrected chi connectivity index (χ3v) is 8.28. The lowest BCUT2D eigenvalue weighted by Gasteiger charge is -2.23. The number of halogens is 3. The van der Waals surface area contributed by atoms with Crippen LogP contribution in [0.25, 0.3) is 10.9 Å². The van der Waals surface area contributed by atoms with Crippen LogP contribution in [0, 0.1) is 41.5 Å². The van der Waals surface area contributed by atoms with E-state index in [1.165, 1.54) is 16.9 Å². The number of hydrogen-bond acceptors (Lipinski definition) is 7. The second kappa shape index (κ2) is 9.91. The molecule has 8 nitrogen and oxygen atoms in total. The van der Waals surface area contributed by atoms with Crippen molar-refractivity contribution in [2.24, 2.45) is 11.3 Å². The summed E-state index contributed by atoms with van der Waals surface area (Å²) >= 11 is 6.71. The highest BCUT2D eigenvalue weighted by Crippen LogP contribution is 2.59. The van der Waals surface area contributed by atoms with Crippen LogP contribution in [-0.4, -0.2) is 31.5 Å². The van der Waals surface area contributed by atoms with Crippen LogP contribution in [0.3, 0.4) is 0 Å². The summed E-state index contributed by atoms with van der Waals surface area (Å²) in [6, 6.07) is 7.73. The lowest BCUT2D eigenvalue weighted by molar-refractivity contribution is 0.314. The molecule has 0 spiro atoms. The maximum atomic E-state index is 16.1. The van der Waals surface area contributed by atoms with Gasteiger partial charge in [-0.3, -0.25) is 4.98 Å². The van der Waals surface area contributed by atoms with E-state index in [4.69, 9.17) is 11.6 Å². The van der Waals surface area contributed by atoms with Gasteiger partial charge < -0.3 is 10.6 Å². The maximum absolute atomic E-state index is 16.1. The Labute approximate surface area is 242 Å². The first kappa shape index (κ1) is 27.3. The molecule has 2 N–H and O–H groups in total. The fourth-order valence-electron chi connectivity index (χ4n) is 5.56.